The van der Waals surface area contributed by atoms with Crippen LogP contribution in [-0.4, -0.2) is 11.5 Å². The molecule has 1 aromatic carbocycles. The third kappa shape index (κ3) is 1.77. The Labute approximate surface area is 103 Å². The summed E-state index contributed by atoms with van der Waals surface area (Å²) >= 11 is 0. The number of hydrogen-bond acceptors (Lipinski definition) is 1. The van der Waals surface area contributed by atoms with Gasteiger partial charge in [-0.1, -0.05) is 26.0 Å². The Balaban J connectivity index is 2.89. The standard InChI is InChI=1S/C15H22N2/c1-9-6-7-10(2)14-12(9)13(11(3)17-14)15(4,5)8-16/h6-7,17H,8,16H2,1-5H3. The summed E-state index contributed by atoms with van der Waals surface area (Å²) in [6, 6.07) is 4.37. The highest BCUT2D eigenvalue weighted by molar-refractivity contribution is 5.91. The van der Waals surface area contributed by atoms with E-state index in [2.05, 4.69) is 51.7 Å². The number of aromatic amines is 1. The van der Waals surface area contributed by atoms with E-state index in [0.717, 1.165) is 0 Å². The molecule has 0 amide bonds. The number of rotatable bonds is 2. The van der Waals surface area contributed by atoms with Crippen LogP contribution >= 0.6 is 0 Å². The highest BCUT2D eigenvalue weighted by Crippen LogP contribution is 2.35. The van der Waals surface area contributed by atoms with Crippen molar-refractivity contribution in [3.8, 4) is 0 Å². The van der Waals surface area contributed by atoms with Crippen molar-refractivity contribution in [2.75, 3.05) is 6.54 Å². The minimum Gasteiger partial charge on any atom is -0.358 e. The Morgan fingerprint density at radius 1 is 1.12 bits per heavy atom. The third-order valence-corrected chi connectivity index (χ3v) is 3.75. The van der Waals surface area contributed by atoms with Crippen molar-refractivity contribution >= 4 is 10.9 Å². The van der Waals surface area contributed by atoms with Crippen LogP contribution in [0.3, 0.4) is 0 Å². The van der Waals surface area contributed by atoms with Gasteiger partial charge in [0, 0.05) is 28.6 Å². The van der Waals surface area contributed by atoms with E-state index in [4.69, 9.17) is 5.73 Å². The molecule has 3 N–H and O–H groups in total. The first-order valence-electron chi connectivity index (χ1n) is 6.17. The van der Waals surface area contributed by atoms with Crippen LogP contribution in [-0.2, 0) is 5.41 Å². The number of nitrogens with two attached hydrogens (primary N) is 1. The summed E-state index contributed by atoms with van der Waals surface area (Å²) < 4.78 is 0. The highest BCUT2D eigenvalue weighted by Gasteiger charge is 2.26. The van der Waals surface area contributed by atoms with Crippen molar-refractivity contribution in [2.24, 2.45) is 5.73 Å². The smallest absolute Gasteiger partial charge is 0.0491 e. The zero-order valence-electron chi connectivity index (χ0n) is 11.4. The summed E-state index contributed by atoms with van der Waals surface area (Å²) in [6.07, 6.45) is 0. The van der Waals surface area contributed by atoms with Gasteiger partial charge in [-0.05, 0) is 37.5 Å². The monoisotopic (exact) mass is 230 g/mol. The van der Waals surface area contributed by atoms with E-state index < -0.39 is 0 Å². The average molecular weight is 230 g/mol. The average Bonchev–Trinajstić information content (AvgIpc) is 2.63. The molecule has 0 aliphatic rings. The Morgan fingerprint density at radius 2 is 1.71 bits per heavy atom. The van der Waals surface area contributed by atoms with E-state index in [1.807, 2.05) is 0 Å². The number of hydrogen-bond donors (Lipinski definition) is 2. The maximum atomic E-state index is 5.93. The van der Waals surface area contributed by atoms with Crippen LogP contribution in [0.2, 0.25) is 0 Å². The molecule has 2 nitrogen and oxygen atoms in total. The minimum absolute atomic E-state index is 0.0148. The molecule has 2 heteroatoms. The number of aryl methyl sites for hydroxylation is 3. The SMILES string of the molecule is Cc1[nH]c2c(C)ccc(C)c2c1C(C)(C)CN. The van der Waals surface area contributed by atoms with E-state index in [1.54, 1.807) is 0 Å². The summed E-state index contributed by atoms with van der Waals surface area (Å²) in [5, 5.41) is 1.36. The largest absolute Gasteiger partial charge is 0.358 e. The molecule has 0 unspecified atom stereocenters. The van der Waals surface area contributed by atoms with Gasteiger partial charge in [-0.25, -0.2) is 0 Å². The zero-order valence-corrected chi connectivity index (χ0v) is 11.4. The van der Waals surface area contributed by atoms with Crippen LogP contribution in [0, 0.1) is 20.8 Å². The molecule has 17 heavy (non-hydrogen) atoms. The third-order valence-electron chi connectivity index (χ3n) is 3.75. The molecule has 1 heterocycles. The molecule has 0 aliphatic carbocycles. The molecule has 92 valence electrons. The van der Waals surface area contributed by atoms with Crippen LogP contribution in [0.15, 0.2) is 12.1 Å². The molecular formula is C15H22N2. The fourth-order valence-corrected chi connectivity index (χ4v) is 2.68. The minimum atomic E-state index is 0.0148. The number of H-pyrrole nitrogens is 1. The second-order valence-electron chi connectivity index (χ2n) is 5.66. The van der Waals surface area contributed by atoms with Gasteiger partial charge in [-0.15, -0.1) is 0 Å². The van der Waals surface area contributed by atoms with Gasteiger partial charge >= 0.3 is 0 Å². The molecule has 0 aliphatic heterocycles. The van der Waals surface area contributed by atoms with E-state index >= 15 is 0 Å². The first kappa shape index (κ1) is 12.2. The molecular weight excluding hydrogens is 208 g/mol. The van der Waals surface area contributed by atoms with Gasteiger partial charge < -0.3 is 10.7 Å². The Hall–Kier alpha value is -1.28. The predicted octanol–water partition coefficient (Wildman–Crippen LogP) is 3.33. The topological polar surface area (TPSA) is 41.8 Å². The van der Waals surface area contributed by atoms with Crippen LogP contribution in [0.1, 0.15) is 36.2 Å². The van der Waals surface area contributed by atoms with Gasteiger partial charge in [0.15, 0.2) is 0 Å². The molecule has 0 saturated carbocycles. The van der Waals surface area contributed by atoms with Gasteiger partial charge in [0.25, 0.3) is 0 Å². The normalized spacial score (nSPS) is 12.4. The Kier molecular flexibility index (Phi) is 2.78. The number of aromatic nitrogens is 1. The van der Waals surface area contributed by atoms with Crippen molar-refractivity contribution < 1.29 is 0 Å². The van der Waals surface area contributed by atoms with Gasteiger partial charge in [0.2, 0.25) is 0 Å². The van der Waals surface area contributed by atoms with Gasteiger partial charge in [0.1, 0.15) is 0 Å². The van der Waals surface area contributed by atoms with Gasteiger partial charge in [0.05, 0.1) is 0 Å². The van der Waals surface area contributed by atoms with E-state index in [1.165, 1.54) is 33.3 Å². The molecule has 0 bridgehead atoms. The molecule has 0 atom stereocenters. The molecule has 0 saturated heterocycles. The van der Waals surface area contributed by atoms with Crippen LogP contribution in [0.4, 0.5) is 0 Å². The summed E-state index contributed by atoms with van der Waals surface area (Å²) in [4.78, 5) is 3.52. The summed E-state index contributed by atoms with van der Waals surface area (Å²) in [6.45, 7) is 11.6. The van der Waals surface area contributed by atoms with Crippen LogP contribution in [0.25, 0.3) is 10.9 Å². The second kappa shape index (κ2) is 3.88. The number of benzene rings is 1. The second-order valence-corrected chi connectivity index (χ2v) is 5.66. The molecule has 0 radical (unpaired) electrons. The first-order valence-corrected chi connectivity index (χ1v) is 6.17. The van der Waals surface area contributed by atoms with Gasteiger partial charge in [-0.2, -0.15) is 0 Å². The van der Waals surface area contributed by atoms with E-state index in [9.17, 15) is 0 Å². The maximum absolute atomic E-state index is 5.93. The number of fused-ring (bicyclic) bond motifs is 1. The molecule has 2 rings (SSSR count). The molecule has 0 spiro atoms. The number of nitrogens with one attached hydrogen (secondary N) is 1. The molecule has 2 aromatic rings. The van der Waals surface area contributed by atoms with Crippen molar-refractivity contribution in [1.82, 2.24) is 4.98 Å². The van der Waals surface area contributed by atoms with Crippen molar-refractivity contribution in [3.05, 3.63) is 34.5 Å². The first-order chi connectivity index (χ1) is 7.88. The lowest BCUT2D eigenvalue weighted by atomic mass is 9.82. The Morgan fingerprint density at radius 3 is 2.29 bits per heavy atom. The lowest BCUT2D eigenvalue weighted by Crippen LogP contribution is -2.28. The highest BCUT2D eigenvalue weighted by atomic mass is 14.7. The van der Waals surface area contributed by atoms with Gasteiger partial charge in [-0.3, -0.25) is 0 Å². The van der Waals surface area contributed by atoms with Crippen molar-refractivity contribution in [3.63, 3.8) is 0 Å². The fourth-order valence-electron chi connectivity index (χ4n) is 2.68. The van der Waals surface area contributed by atoms with E-state index in [0.29, 0.717) is 6.54 Å². The summed E-state index contributed by atoms with van der Waals surface area (Å²) in [7, 11) is 0. The van der Waals surface area contributed by atoms with Crippen molar-refractivity contribution in [1.29, 1.82) is 0 Å². The van der Waals surface area contributed by atoms with Crippen LogP contribution < -0.4 is 5.73 Å². The quantitative estimate of drug-likeness (QED) is 0.816. The lowest BCUT2D eigenvalue weighted by Gasteiger charge is -2.24. The summed E-state index contributed by atoms with van der Waals surface area (Å²) in [5.41, 5.74) is 12.4. The lowest BCUT2D eigenvalue weighted by molar-refractivity contribution is 0.540. The Bertz CT molecular complexity index is 562. The fraction of sp³-hybridized carbons (Fsp3) is 0.467. The van der Waals surface area contributed by atoms with E-state index in [-0.39, 0.29) is 5.41 Å². The predicted molar refractivity (Wildman–Crippen MR) is 74.6 cm³/mol. The summed E-state index contributed by atoms with van der Waals surface area (Å²) in [5.74, 6) is 0. The van der Waals surface area contributed by atoms with Crippen molar-refractivity contribution in [2.45, 2.75) is 40.0 Å². The maximum Gasteiger partial charge on any atom is 0.0491 e. The van der Waals surface area contributed by atoms with Crippen LogP contribution in [0.5, 0.6) is 0 Å². The zero-order chi connectivity index (χ0) is 12.8. The molecule has 0 fully saturated rings. The molecule has 1 aromatic heterocycles.